The van der Waals surface area contributed by atoms with Crippen LogP contribution >= 0.6 is 0 Å². The Morgan fingerprint density at radius 1 is 1.46 bits per heavy atom. The molecule has 2 nitrogen and oxygen atoms in total. The highest BCUT2D eigenvalue weighted by atomic mass is 16.2. The van der Waals surface area contributed by atoms with Crippen molar-refractivity contribution in [3.8, 4) is 0 Å². The molecule has 2 unspecified atom stereocenters. The highest BCUT2D eigenvalue weighted by Crippen LogP contribution is 2.65. The minimum absolute atomic E-state index is 0.0264. The van der Waals surface area contributed by atoms with Gasteiger partial charge in [0.25, 0.3) is 0 Å². The molecule has 2 fully saturated rings. The van der Waals surface area contributed by atoms with E-state index >= 15 is 0 Å². The lowest BCUT2D eigenvalue weighted by atomic mass is 9.70. The van der Waals surface area contributed by atoms with Gasteiger partial charge < -0.3 is 5.11 Å². The number of rotatable bonds is 0. The maximum absolute atomic E-state index is 11.9. The Labute approximate surface area is 78.6 Å². The van der Waals surface area contributed by atoms with E-state index in [1.54, 1.807) is 0 Å². The second-order valence-electron chi connectivity index (χ2n) is 5.06. The zero-order valence-electron chi connectivity index (χ0n) is 8.42. The molecule has 2 atom stereocenters. The first-order valence-electron chi connectivity index (χ1n) is 4.84. The number of carbonyl (C=O) groups excluding carboxylic acids is 1. The average Bonchev–Trinajstić information content (AvgIpc) is 2.36. The van der Waals surface area contributed by atoms with Gasteiger partial charge in [0.15, 0.2) is 5.78 Å². The molecule has 0 spiro atoms. The summed E-state index contributed by atoms with van der Waals surface area (Å²) in [5.41, 5.74) is 0.448. The summed E-state index contributed by atoms with van der Waals surface area (Å²) >= 11 is 0. The number of allylic oxidation sites excluding steroid dienone is 1. The fourth-order valence-corrected chi connectivity index (χ4v) is 3.08. The lowest BCUT2D eigenvalue weighted by Crippen LogP contribution is -2.32. The molecule has 2 saturated carbocycles. The number of hydrogen-bond donors (Lipinski definition) is 1. The Morgan fingerprint density at radius 3 is 2.38 bits per heavy atom. The molecular weight excluding hydrogens is 164 g/mol. The first-order chi connectivity index (χ1) is 5.95. The lowest BCUT2D eigenvalue weighted by molar-refractivity contribution is -0.125. The molecule has 0 radical (unpaired) electrons. The average molecular weight is 180 g/mol. The minimum atomic E-state index is -0.230. The Morgan fingerprint density at radius 2 is 2.08 bits per heavy atom. The molecule has 2 aliphatic rings. The van der Waals surface area contributed by atoms with E-state index in [2.05, 4.69) is 13.8 Å². The minimum Gasteiger partial charge on any atom is -0.515 e. The van der Waals surface area contributed by atoms with E-state index in [0.717, 1.165) is 19.1 Å². The smallest absolute Gasteiger partial charge is 0.168 e. The molecule has 2 rings (SSSR count). The van der Waals surface area contributed by atoms with Crippen LogP contribution in [0.3, 0.4) is 0 Å². The van der Waals surface area contributed by atoms with Gasteiger partial charge in [-0.25, -0.2) is 0 Å². The van der Waals surface area contributed by atoms with Crippen LogP contribution in [0.5, 0.6) is 0 Å². The lowest BCUT2D eigenvalue weighted by Gasteiger charge is -2.31. The number of ketones is 1. The van der Waals surface area contributed by atoms with Crippen LogP contribution in [0, 0.1) is 16.7 Å². The molecule has 0 aromatic rings. The summed E-state index contributed by atoms with van der Waals surface area (Å²) in [6, 6.07) is 0. The van der Waals surface area contributed by atoms with E-state index < -0.39 is 0 Å². The first kappa shape index (κ1) is 8.79. The van der Waals surface area contributed by atoms with E-state index in [9.17, 15) is 4.79 Å². The highest BCUT2D eigenvalue weighted by Gasteiger charge is 2.64. The number of fused-ring (bicyclic) bond motifs is 2. The first-order valence-corrected chi connectivity index (χ1v) is 4.84. The predicted molar refractivity (Wildman–Crippen MR) is 50.3 cm³/mol. The summed E-state index contributed by atoms with van der Waals surface area (Å²) in [6.45, 7) is 6.31. The zero-order chi connectivity index (χ0) is 9.85. The van der Waals surface area contributed by atoms with Crippen molar-refractivity contribution in [3.05, 3.63) is 11.8 Å². The van der Waals surface area contributed by atoms with Crippen molar-refractivity contribution < 1.29 is 9.90 Å². The van der Waals surface area contributed by atoms with Gasteiger partial charge in [-0.05, 0) is 24.2 Å². The van der Waals surface area contributed by atoms with Crippen LogP contribution in [-0.2, 0) is 4.79 Å². The van der Waals surface area contributed by atoms with E-state index in [0.29, 0.717) is 5.57 Å². The maximum Gasteiger partial charge on any atom is 0.168 e. The fourth-order valence-electron chi connectivity index (χ4n) is 3.08. The predicted octanol–water partition coefficient (Wildman–Crippen LogP) is 2.45. The van der Waals surface area contributed by atoms with Crippen molar-refractivity contribution in [1.82, 2.24) is 0 Å². The van der Waals surface area contributed by atoms with E-state index in [1.807, 2.05) is 6.92 Å². The molecule has 0 aliphatic heterocycles. The van der Waals surface area contributed by atoms with Crippen LogP contribution < -0.4 is 0 Å². The molecule has 0 heterocycles. The number of carbonyl (C=O) groups is 1. The Hall–Kier alpha value is -0.790. The van der Waals surface area contributed by atoms with Crippen LogP contribution in [0.4, 0.5) is 0 Å². The quantitative estimate of drug-likeness (QED) is 0.459. The normalized spacial score (nSPS) is 44.7. The van der Waals surface area contributed by atoms with Gasteiger partial charge in [-0.2, -0.15) is 0 Å². The second kappa shape index (κ2) is 2.17. The standard InChI is InChI=1S/C11H16O2/c1-10(2)8-4-5-11(10,3)9(13)7(8)6-12/h6,8,12H,4-5H2,1-3H3. The summed E-state index contributed by atoms with van der Waals surface area (Å²) in [7, 11) is 0. The molecule has 13 heavy (non-hydrogen) atoms. The van der Waals surface area contributed by atoms with Crippen LogP contribution in [-0.4, -0.2) is 10.9 Å². The number of aliphatic hydroxyl groups excluding tert-OH is 1. The van der Waals surface area contributed by atoms with Gasteiger partial charge in [0.05, 0.1) is 6.26 Å². The van der Waals surface area contributed by atoms with Gasteiger partial charge >= 0.3 is 0 Å². The molecular formula is C11H16O2. The second-order valence-corrected chi connectivity index (χ2v) is 5.06. The largest absolute Gasteiger partial charge is 0.515 e. The van der Waals surface area contributed by atoms with Gasteiger partial charge in [0.2, 0.25) is 0 Å². The van der Waals surface area contributed by atoms with Gasteiger partial charge in [0.1, 0.15) is 0 Å². The Bertz CT molecular complexity index is 301. The van der Waals surface area contributed by atoms with Crippen molar-refractivity contribution in [1.29, 1.82) is 0 Å². The third kappa shape index (κ3) is 0.725. The van der Waals surface area contributed by atoms with Crippen molar-refractivity contribution >= 4 is 5.78 Å². The molecule has 0 aromatic carbocycles. The van der Waals surface area contributed by atoms with Crippen molar-refractivity contribution in [2.24, 2.45) is 16.7 Å². The van der Waals surface area contributed by atoms with Crippen LogP contribution in [0.2, 0.25) is 0 Å². The van der Waals surface area contributed by atoms with E-state index in [4.69, 9.17) is 5.11 Å². The van der Waals surface area contributed by atoms with Crippen LogP contribution in [0.1, 0.15) is 33.6 Å². The molecule has 0 saturated heterocycles. The van der Waals surface area contributed by atoms with E-state index in [-0.39, 0.29) is 22.5 Å². The molecule has 0 amide bonds. The van der Waals surface area contributed by atoms with Crippen LogP contribution in [0.25, 0.3) is 0 Å². The third-order valence-corrected chi connectivity index (χ3v) is 4.50. The Balaban J connectivity index is 2.57. The summed E-state index contributed by atoms with van der Waals surface area (Å²) < 4.78 is 0. The summed E-state index contributed by atoms with van der Waals surface area (Å²) in [6.07, 6.45) is 3.04. The summed E-state index contributed by atoms with van der Waals surface area (Å²) in [5, 5.41) is 9.02. The van der Waals surface area contributed by atoms with Gasteiger partial charge in [-0.15, -0.1) is 0 Å². The van der Waals surface area contributed by atoms with Gasteiger partial charge in [-0.1, -0.05) is 20.8 Å². The molecule has 2 bridgehead atoms. The fraction of sp³-hybridized carbons (Fsp3) is 0.727. The molecule has 2 aliphatic carbocycles. The monoisotopic (exact) mass is 180 g/mol. The van der Waals surface area contributed by atoms with Crippen molar-refractivity contribution in [2.45, 2.75) is 33.6 Å². The third-order valence-electron chi connectivity index (χ3n) is 4.50. The summed E-state index contributed by atoms with van der Waals surface area (Å²) in [4.78, 5) is 11.9. The molecule has 2 heteroatoms. The SMILES string of the molecule is CC12CCC(C(=CO)C1=O)C2(C)C. The number of hydrogen-bond acceptors (Lipinski definition) is 2. The van der Waals surface area contributed by atoms with Crippen molar-refractivity contribution in [3.63, 3.8) is 0 Å². The van der Waals surface area contributed by atoms with Crippen molar-refractivity contribution in [2.75, 3.05) is 0 Å². The van der Waals surface area contributed by atoms with Crippen LogP contribution in [0.15, 0.2) is 11.8 Å². The maximum atomic E-state index is 11.9. The Kier molecular flexibility index (Phi) is 1.47. The number of aliphatic hydroxyl groups is 1. The summed E-state index contributed by atoms with van der Waals surface area (Å²) in [5.74, 6) is 0.436. The molecule has 72 valence electrons. The molecule has 0 aromatic heterocycles. The molecule has 1 N–H and O–H groups in total. The van der Waals surface area contributed by atoms with Gasteiger partial charge in [0, 0.05) is 11.0 Å². The highest BCUT2D eigenvalue weighted by molar-refractivity contribution is 6.04. The van der Waals surface area contributed by atoms with Gasteiger partial charge in [-0.3, -0.25) is 4.79 Å². The number of Topliss-reactive ketones (excluding diaryl/α,β-unsaturated/α-hetero) is 1. The zero-order valence-corrected chi connectivity index (χ0v) is 8.42. The topological polar surface area (TPSA) is 37.3 Å². The van der Waals surface area contributed by atoms with E-state index in [1.165, 1.54) is 0 Å².